The molecule has 6 nitrogen and oxygen atoms in total. The van der Waals surface area contributed by atoms with Gasteiger partial charge < -0.3 is 5.32 Å². The molecule has 140 valence electrons. The molecule has 0 atom stereocenters. The van der Waals surface area contributed by atoms with E-state index in [1.165, 1.54) is 4.31 Å². The van der Waals surface area contributed by atoms with E-state index < -0.39 is 15.9 Å². The van der Waals surface area contributed by atoms with Crippen LogP contribution in [-0.4, -0.2) is 25.9 Å². The molecule has 1 aliphatic heterocycles. The van der Waals surface area contributed by atoms with Crippen molar-refractivity contribution in [1.29, 1.82) is 0 Å². The molecule has 8 heteroatoms. The Morgan fingerprint density at radius 2 is 1.93 bits per heavy atom. The number of carbonyl (C=O) groups is 1. The van der Waals surface area contributed by atoms with E-state index in [9.17, 15) is 13.2 Å². The number of fused-ring (bicyclic) bond motifs is 1. The zero-order valence-corrected chi connectivity index (χ0v) is 16.5. The third-order valence-electron chi connectivity index (χ3n) is 4.75. The summed E-state index contributed by atoms with van der Waals surface area (Å²) in [6, 6.07) is 16.0. The molecule has 0 spiro atoms. The molecule has 1 amide bonds. The molecule has 3 aromatic carbocycles. The Labute approximate surface area is 165 Å². The number of thiazole rings is 1. The van der Waals surface area contributed by atoms with Gasteiger partial charge in [0.2, 0.25) is 5.91 Å². The number of nitrogens with zero attached hydrogens (tertiary/aromatic N) is 2. The molecule has 0 fully saturated rings. The maximum absolute atomic E-state index is 13.0. The number of hydrogen-bond acceptors (Lipinski definition) is 5. The predicted molar refractivity (Wildman–Crippen MR) is 111 cm³/mol. The standard InChI is InChI=1S/C20H15N3O3S2/c1-12-21-15-9-8-14(10-17(15)27-12)22-19(24)11-23-16-6-2-4-13-5-3-7-18(20(13)16)28(23,25)26/h2-10H,11H2,1H3,(H,22,24). The van der Waals surface area contributed by atoms with Crippen molar-refractivity contribution in [3.8, 4) is 0 Å². The Bertz CT molecular complexity index is 1370. The first-order chi connectivity index (χ1) is 13.4. The fourth-order valence-corrected chi connectivity index (χ4v) is 6.11. The Hall–Kier alpha value is -2.97. The maximum Gasteiger partial charge on any atom is 0.265 e. The van der Waals surface area contributed by atoms with E-state index >= 15 is 0 Å². The van der Waals surface area contributed by atoms with Crippen molar-refractivity contribution in [1.82, 2.24) is 4.98 Å². The highest BCUT2D eigenvalue weighted by molar-refractivity contribution is 7.93. The van der Waals surface area contributed by atoms with Crippen LogP contribution in [0.2, 0.25) is 0 Å². The molecule has 0 unspecified atom stereocenters. The summed E-state index contributed by atoms with van der Waals surface area (Å²) in [5.74, 6) is -0.394. The Balaban J connectivity index is 1.45. The van der Waals surface area contributed by atoms with Gasteiger partial charge in [-0.25, -0.2) is 13.4 Å². The average Bonchev–Trinajstić information content (AvgIpc) is 3.13. The van der Waals surface area contributed by atoms with Gasteiger partial charge in [-0.05, 0) is 42.6 Å². The summed E-state index contributed by atoms with van der Waals surface area (Å²) < 4.78 is 28.1. The molecular formula is C20H15N3O3S2. The van der Waals surface area contributed by atoms with Gasteiger partial charge in [0.1, 0.15) is 6.54 Å². The highest BCUT2D eigenvalue weighted by atomic mass is 32.2. The second-order valence-corrected chi connectivity index (χ2v) is 9.67. The molecule has 0 saturated carbocycles. The van der Waals surface area contributed by atoms with Gasteiger partial charge in [0.15, 0.2) is 0 Å². The van der Waals surface area contributed by atoms with Gasteiger partial charge in [-0.1, -0.05) is 24.3 Å². The van der Waals surface area contributed by atoms with Crippen LogP contribution in [0, 0.1) is 6.92 Å². The van der Waals surface area contributed by atoms with E-state index in [4.69, 9.17) is 0 Å². The number of aromatic nitrogens is 1. The van der Waals surface area contributed by atoms with Crippen LogP contribution in [0.5, 0.6) is 0 Å². The van der Waals surface area contributed by atoms with E-state index in [0.29, 0.717) is 16.8 Å². The number of aryl methyl sites for hydroxylation is 1. The van der Waals surface area contributed by atoms with E-state index in [0.717, 1.165) is 20.6 Å². The first-order valence-electron chi connectivity index (χ1n) is 8.65. The Kier molecular flexibility index (Phi) is 3.68. The zero-order valence-electron chi connectivity index (χ0n) is 14.8. The van der Waals surface area contributed by atoms with Crippen molar-refractivity contribution in [2.75, 3.05) is 16.2 Å². The lowest BCUT2D eigenvalue weighted by Crippen LogP contribution is -2.35. The minimum absolute atomic E-state index is 0.245. The smallest absolute Gasteiger partial charge is 0.265 e. The molecule has 0 radical (unpaired) electrons. The molecule has 5 rings (SSSR count). The van der Waals surface area contributed by atoms with Crippen LogP contribution < -0.4 is 9.62 Å². The Morgan fingerprint density at radius 3 is 2.75 bits per heavy atom. The summed E-state index contributed by atoms with van der Waals surface area (Å²) in [6.45, 7) is 1.65. The van der Waals surface area contributed by atoms with E-state index in [1.54, 1.807) is 41.7 Å². The quantitative estimate of drug-likeness (QED) is 0.556. The minimum Gasteiger partial charge on any atom is -0.324 e. The van der Waals surface area contributed by atoms with Crippen LogP contribution in [0.1, 0.15) is 5.01 Å². The molecule has 28 heavy (non-hydrogen) atoms. The van der Waals surface area contributed by atoms with Crippen molar-refractivity contribution < 1.29 is 13.2 Å². The SMILES string of the molecule is Cc1nc2ccc(NC(=O)CN3c4cccc5cccc(c45)S3(=O)=O)cc2s1. The monoisotopic (exact) mass is 409 g/mol. The average molecular weight is 409 g/mol. The molecule has 0 bridgehead atoms. The van der Waals surface area contributed by atoms with Crippen molar-refractivity contribution in [2.45, 2.75) is 11.8 Å². The second kappa shape index (κ2) is 6.02. The van der Waals surface area contributed by atoms with Gasteiger partial charge in [-0.15, -0.1) is 11.3 Å². The largest absolute Gasteiger partial charge is 0.324 e. The Morgan fingerprint density at radius 1 is 1.14 bits per heavy atom. The molecular weight excluding hydrogens is 394 g/mol. The number of amides is 1. The van der Waals surface area contributed by atoms with Crippen LogP contribution in [0.15, 0.2) is 59.5 Å². The second-order valence-electron chi connectivity index (χ2n) is 6.61. The van der Waals surface area contributed by atoms with Crippen LogP contribution in [0.25, 0.3) is 21.0 Å². The summed E-state index contributed by atoms with van der Waals surface area (Å²) in [5.41, 5.74) is 2.04. The van der Waals surface area contributed by atoms with E-state index in [2.05, 4.69) is 10.3 Å². The predicted octanol–water partition coefficient (Wildman–Crippen LogP) is 3.91. The number of nitrogens with one attached hydrogen (secondary N) is 1. The van der Waals surface area contributed by atoms with E-state index in [1.807, 2.05) is 31.2 Å². The zero-order chi connectivity index (χ0) is 19.5. The summed E-state index contributed by atoms with van der Waals surface area (Å²) in [4.78, 5) is 17.3. The maximum atomic E-state index is 13.0. The number of rotatable bonds is 3. The lowest BCUT2D eigenvalue weighted by molar-refractivity contribution is -0.114. The third kappa shape index (κ3) is 2.56. The number of carbonyl (C=O) groups excluding carboxylic acids is 1. The molecule has 4 aromatic rings. The van der Waals surface area contributed by atoms with Gasteiger partial charge in [-0.3, -0.25) is 9.10 Å². The number of hydrogen-bond donors (Lipinski definition) is 1. The van der Waals surface area contributed by atoms with Crippen LogP contribution in [-0.2, 0) is 14.8 Å². The van der Waals surface area contributed by atoms with Gasteiger partial charge in [-0.2, -0.15) is 0 Å². The summed E-state index contributed by atoms with van der Waals surface area (Å²) in [6.07, 6.45) is 0. The lowest BCUT2D eigenvalue weighted by Gasteiger charge is -2.18. The van der Waals surface area contributed by atoms with Crippen molar-refractivity contribution in [3.05, 3.63) is 59.6 Å². The summed E-state index contributed by atoms with van der Waals surface area (Å²) in [7, 11) is -3.75. The first-order valence-corrected chi connectivity index (χ1v) is 10.9. The van der Waals surface area contributed by atoms with Gasteiger partial charge in [0, 0.05) is 11.1 Å². The van der Waals surface area contributed by atoms with Crippen molar-refractivity contribution in [2.24, 2.45) is 0 Å². The van der Waals surface area contributed by atoms with Crippen molar-refractivity contribution in [3.63, 3.8) is 0 Å². The molecule has 2 heterocycles. The molecule has 1 aliphatic rings. The first kappa shape index (κ1) is 17.2. The van der Waals surface area contributed by atoms with Gasteiger partial charge >= 0.3 is 0 Å². The lowest BCUT2D eigenvalue weighted by atomic mass is 10.1. The molecule has 0 saturated heterocycles. The fraction of sp³-hybridized carbons (Fsp3) is 0.100. The number of anilines is 2. The molecule has 0 aliphatic carbocycles. The normalized spacial score (nSPS) is 14.7. The van der Waals surface area contributed by atoms with Gasteiger partial charge in [0.05, 0.1) is 25.8 Å². The molecule has 1 aromatic heterocycles. The summed E-state index contributed by atoms with van der Waals surface area (Å²) >= 11 is 1.55. The highest BCUT2D eigenvalue weighted by Crippen LogP contribution is 2.41. The topological polar surface area (TPSA) is 79.4 Å². The van der Waals surface area contributed by atoms with Crippen LogP contribution in [0.3, 0.4) is 0 Å². The minimum atomic E-state index is -3.75. The van der Waals surface area contributed by atoms with Gasteiger partial charge in [0.25, 0.3) is 10.0 Å². The fourth-order valence-electron chi connectivity index (χ4n) is 3.58. The number of benzene rings is 3. The summed E-state index contributed by atoms with van der Waals surface area (Å²) in [5, 5.41) is 5.26. The van der Waals surface area contributed by atoms with Crippen LogP contribution in [0.4, 0.5) is 11.4 Å². The highest BCUT2D eigenvalue weighted by Gasteiger charge is 2.36. The van der Waals surface area contributed by atoms with Crippen LogP contribution >= 0.6 is 11.3 Å². The third-order valence-corrected chi connectivity index (χ3v) is 7.48. The number of sulfonamides is 1. The van der Waals surface area contributed by atoms with Crippen molar-refractivity contribution >= 4 is 59.6 Å². The molecule has 1 N–H and O–H groups in total. The van der Waals surface area contributed by atoms with E-state index in [-0.39, 0.29) is 11.4 Å².